The zero-order valence-corrected chi connectivity index (χ0v) is 18.6. The monoisotopic (exact) mass is 466 g/mol. The Morgan fingerprint density at radius 2 is 1.39 bits per heavy atom. The molecule has 0 heterocycles. The third-order valence-electron chi connectivity index (χ3n) is 4.55. The van der Waals surface area contributed by atoms with Crippen molar-refractivity contribution in [2.24, 2.45) is 0 Å². The minimum Gasteiger partial charge on any atom is -0.495 e. The van der Waals surface area contributed by atoms with Crippen molar-refractivity contribution in [3.63, 3.8) is 0 Å². The first kappa shape index (κ1) is 23.6. The number of amides is 4. The zero-order valence-electron chi connectivity index (χ0n) is 17.9. The molecule has 0 saturated carbocycles. The van der Waals surface area contributed by atoms with Crippen molar-refractivity contribution in [3.8, 4) is 5.75 Å². The highest BCUT2D eigenvalue weighted by atomic mass is 35.5. The summed E-state index contributed by atoms with van der Waals surface area (Å²) in [7, 11) is 1.49. The Hall–Kier alpha value is -4.04. The van der Waals surface area contributed by atoms with Crippen molar-refractivity contribution < 1.29 is 19.1 Å². The van der Waals surface area contributed by atoms with Gasteiger partial charge < -0.3 is 26.0 Å². The van der Waals surface area contributed by atoms with Crippen molar-refractivity contribution in [1.82, 2.24) is 10.6 Å². The molecule has 33 heavy (non-hydrogen) atoms. The van der Waals surface area contributed by atoms with E-state index in [-0.39, 0.29) is 18.4 Å². The lowest BCUT2D eigenvalue weighted by Gasteiger charge is -2.12. The van der Waals surface area contributed by atoms with Gasteiger partial charge in [0.25, 0.3) is 11.8 Å². The quantitative estimate of drug-likeness (QED) is 0.374. The first-order valence-corrected chi connectivity index (χ1v) is 10.5. The molecule has 0 unspecified atom stereocenters. The highest BCUT2D eigenvalue weighted by molar-refractivity contribution is 6.31. The summed E-state index contributed by atoms with van der Waals surface area (Å²) in [5.41, 5.74) is 1.91. The van der Waals surface area contributed by atoms with Gasteiger partial charge in [-0.3, -0.25) is 9.59 Å². The Bertz CT molecular complexity index is 1120. The number of benzene rings is 3. The highest BCUT2D eigenvalue weighted by Gasteiger charge is 2.10. The molecular weight excluding hydrogens is 444 g/mol. The lowest BCUT2D eigenvalue weighted by atomic mass is 10.2. The molecule has 3 rings (SSSR count). The van der Waals surface area contributed by atoms with Crippen LogP contribution in [-0.2, 0) is 0 Å². The van der Waals surface area contributed by atoms with Gasteiger partial charge in [-0.25, -0.2) is 4.79 Å². The smallest absolute Gasteiger partial charge is 0.323 e. The average molecular weight is 467 g/mol. The van der Waals surface area contributed by atoms with E-state index >= 15 is 0 Å². The predicted octanol–water partition coefficient (Wildman–Crippen LogP) is 4.15. The lowest BCUT2D eigenvalue weighted by Crippen LogP contribution is -2.34. The Labute approximate surface area is 196 Å². The van der Waals surface area contributed by atoms with Crippen LogP contribution in [0.3, 0.4) is 0 Å². The Balaban J connectivity index is 1.45. The molecule has 4 amide bonds. The summed E-state index contributed by atoms with van der Waals surface area (Å²) in [4.78, 5) is 36.5. The fourth-order valence-corrected chi connectivity index (χ4v) is 3.09. The van der Waals surface area contributed by atoms with Crippen LogP contribution in [0.25, 0.3) is 0 Å². The zero-order chi connectivity index (χ0) is 23.6. The number of anilines is 2. The summed E-state index contributed by atoms with van der Waals surface area (Å²) < 4.78 is 5.20. The maximum Gasteiger partial charge on any atom is 0.323 e. The van der Waals surface area contributed by atoms with Crippen molar-refractivity contribution >= 4 is 40.8 Å². The van der Waals surface area contributed by atoms with Crippen LogP contribution in [0.5, 0.6) is 5.75 Å². The van der Waals surface area contributed by atoms with Gasteiger partial charge in [0.2, 0.25) is 0 Å². The molecule has 0 atom stereocenters. The summed E-state index contributed by atoms with van der Waals surface area (Å²) >= 11 is 5.97. The standard InChI is InChI=1S/C24H23ClN4O4/c1-33-21-12-9-18(25)15-20(21)29-24(32)28-19-10-7-17(8-11-19)23(31)27-14-13-26-22(30)16-5-3-2-4-6-16/h2-12,15H,13-14H2,1H3,(H,26,30)(H,27,31)(H2,28,29,32). The third kappa shape index (κ3) is 6.98. The molecule has 0 saturated heterocycles. The van der Waals surface area contributed by atoms with E-state index in [2.05, 4.69) is 21.3 Å². The lowest BCUT2D eigenvalue weighted by molar-refractivity contribution is 0.0927. The van der Waals surface area contributed by atoms with Crippen molar-refractivity contribution in [2.75, 3.05) is 30.8 Å². The van der Waals surface area contributed by atoms with E-state index in [0.717, 1.165) is 0 Å². The van der Waals surface area contributed by atoms with Gasteiger partial charge in [0.1, 0.15) is 5.75 Å². The number of hydrogen-bond acceptors (Lipinski definition) is 4. The second-order valence-electron chi connectivity index (χ2n) is 6.88. The van der Waals surface area contributed by atoms with Crippen LogP contribution in [-0.4, -0.2) is 38.0 Å². The van der Waals surface area contributed by atoms with Gasteiger partial charge in [0.15, 0.2) is 0 Å². The molecule has 4 N–H and O–H groups in total. The summed E-state index contributed by atoms with van der Waals surface area (Å²) in [6.45, 7) is 0.577. The normalized spacial score (nSPS) is 10.1. The van der Waals surface area contributed by atoms with E-state index < -0.39 is 6.03 Å². The van der Waals surface area contributed by atoms with Gasteiger partial charge in [0.05, 0.1) is 12.8 Å². The van der Waals surface area contributed by atoms with Crippen LogP contribution in [0.15, 0.2) is 72.8 Å². The molecule has 3 aromatic rings. The van der Waals surface area contributed by atoms with Crippen molar-refractivity contribution in [1.29, 1.82) is 0 Å². The molecule has 9 heteroatoms. The summed E-state index contributed by atoms with van der Waals surface area (Å²) in [6, 6.07) is 19.6. The minimum atomic E-state index is -0.484. The number of urea groups is 1. The first-order chi connectivity index (χ1) is 16.0. The Morgan fingerprint density at radius 1 is 0.788 bits per heavy atom. The first-order valence-electron chi connectivity index (χ1n) is 10.1. The minimum absolute atomic E-state index is 0.200. The summed E-state index contributed by atoms with van der Waals surface area (Å²) in [5.74, 6) is -0.0147. The van der Waals surface area contributed by atoms with Crippen molar-refractivity contribution in [2.45, 2.75) is 0 Å². The van der Waals surface area contributed by atoms with Gasteiger partial charge in [0, 0.05) is 34.9 Å². The van der Waals surface area contributed by atoms with Crippen LogP contribution in [0, 0.1) is 0 Å². The van der Waals surface area contributed by atoms with Gasteiger partial charge >= 0.3 is 6.03 Å². The van der Waals surface area contributed by atoms with Gasteiger partial charge in [-0.15, -0.1) is 0 Å². The SMILES string of the molecule is COc1ccc(Cl)cc1NC(=O)Nc1ccc(C(=O)NCCNC(=O)c2ccccc2)cc1. The molecular formula is C24H23ClN4O4. The molecule has 0 radical (unpaired) electrons. The maximum atomic E-state index is 12.3. The fourth-order valence-electron chi connectivity index (χ4n) is 2.91. The second kappa shape index (κ2) is 11.5. The van der Waals surface area contributed by atoms with E-state index in [4.69, 9.17) is 16.3 Å². The molecule has 0 aliphatic heterocycles. The van der Waals surface area contributed by atoms with E-state index in [1.807, 2.05) is 6.07 Å². The number of carbonyl (C=O) groups excluding carboxylic acids is 3. The molecule has 0 aliphatic carbocycles. The van der Waals surface area contributed by atoms with Crippen LogP contribution < -0.4 is 26.0 Å². The van der Waals surface area contributed by atoms with Crippen molar-refractivity contribution in [3.05, 3.63) is 88.9 Å². The fraction of sp³-hybridized carbons (Fsp3) is 0.125. The number of carbonyl (C=O) groups is 3. The number of nitrogens with one attached hydrogen (secondary N) is 4. The van der Waals surface area contributed by atoms with Gasteiger partial charge in [-0.05, 0) is 54.6 Å². The van der Waals surface area contributed by atoms with Gasteiger partial charge in [-0.1, -0.05) is 29.8 Å². The number of halogens is 1. The molecule has 0 aromatic heterocycles. The number of rotatable bonds is 8. The van der Waals surface area contributed by atoms with E-state index in [0.29, 0.717) is 39.8 Å². The third-order valence-corrected chi connectivity index (χ3v) is 4.78. The van der Waals surface area contributed by atoms with E-state index in [9.17, 15) is 14.4 Å². The van der Waals surface area contributed by atoms with Crippen LogP contribution in [0.4, 0.5) is 16.2 Å². The Morgan fingerprint density at radius 3 is 2.00 bits per heavy atom. The highest BCUT2D eigenvalue weighted by Crippen LogP contribution is 2.27. The molecule has 0 fully saturated rings. The van der Waals surface area contributed by atoms with Gasteiger partial charge in [-0.2, -0.15) is 0 Å². The molecule has 3 aromatic carbocycles. The second-order valence-corrected chi connectivity index (χ2v) is 7.32. The summed E-state index contributed by atoms with van der Waals surface area (Å²) in [5, 5.41) is 11.3. The van der Waals surface area contributed by atoms with Crippen LogP contribution >= 0.6 is 11.6 Å². The number of methoxy groups -OCH3 is 1. The van der Waals surface area contributed by atoms with Crippen LogP contribution in [0.1, 0.15) is 20.7 Å². The van der Waals surface area contributed by atoms with E-state index in [1.54, 1.807) is 66.7 Å². The molecule has 0 aliphatic rings. The largest absolute Gasteiger partial charge is 0.495 e. The molecule has 8 nitrogen and oxygen atoms in total. The number of hydrogen-bond donors (Lipinski definition) is 4. The topological polar surface area (TPSA) is 109 Å². The maximum absolute atomic E-state index is 12.3. The van der Waals surface area contributed by atoms with Crippen LogP contribution in [0.2, 0.25) is 5.02 Å². The molecule has 0 bridgehead atoms. The average Bonchev–Trinajstić information content (AvgIpc) is 2.82. The predicted molar refractivity (Wildman–Crippen MR) is 128 cm³/mol. The Kier molecular flexibility index (Phi) is 8.26. The van der Waals surface area contributed by atoms with E-state index in [1.165, 1.54) is 7.11 Å². The summed E-state index contributed by atoms with van der Waals surface area (Å²) in [6.07, 6.45) is 0. The molecule has 0 spiro atoms. The number of ether oxygens (including phenoxy) is 1. The molecule has 170 valence electrons.